The van der Waals surface area contributed by atoms with Crippen LogP contribution in [0.5, 0.6) is 0 Å². The molecule has 0 saturated heterocycles. The second-order valence-electron chi connectivity index (χ2n) is 7.96. The largest absolute Gasteiger partial charge is 0.465 e. The van der Waals surface area contributed by atoms with Gasteiger partial charge in [-0.1, -0.05) is 82.2 Å². The number of carbonyl (C=O) groups excluding carboxylic acids is 2. The topological polar surface area (TPSA) is 52.6 Å². The molecule has 0 aliphatic carbocycles. The molecule has 0 fully saturated rings. The summed E-state index contributed by atoms with van der Waals surface area (Å²) < 4.78 is 10.6. The highest BCUT2D eigenvalue weighted by atomic mass is 16.6. The van der Waals surface area contributed by atoms with Gasteiger partial charge in [0.1, 0.15) is 0 Å². The molecule has 1 aromatic carbocycles. The molecule has 4 heteroatoms. The Morgan fingerprint density at radius 2 is 1.25 bits per heavy atom. The Morgan fingerprint density at radius 1 is 0.750 bits per heavy atom. The highest BCUT2D eigenvalue weighted by Gasteiger charge is 2.39. The lowest BCUT2D eigenvalue weighted by atomic mass is 9.94. The predicted molar refractivity (Wildman–Crippen MR) is 113 cm³/mol. The summed E-state index contributed by atoms with van der Waals surface area (Å²) in [4.78, 5) is 24.5. The third kappa shape index (κ3) is 9.91. The van der Waals surface area contributed by atoms with Crippen LogP contribution in [0.2, 0.25) is 0 Å². The number of benzene rings is 1. The summed E-state index contributed by atoms with van der Waals surface area (Å²) in [7, 11) is 0. The van der Waals surface area contributed by atoms with Crippen molar-refractivity contribution in [3.05, 3.63) is 35.9 Å². The highest BCUT2D eigenvalue weighted by Crippen LogP contribution is 2.20. The van der Waals surface area contributed by atoms with Crippen molar-refractivity contribution >= 4 is 11.9 Å². The van der Waals surface area contributed by atoms with Gasteiger partial charge in [0.2, 0.25) is 0 Å². The summed E-state index contributed by atoms with van der Waals surface area (Å²) in [5, 5.41) is 0. The molecule has 4 nitrogen and oxygen atoms in total. The molecular formula is C24H38O4. The third-order valence-electron chi connectivity index (χ3n) is 4.94. The van der Waals surface area contributed by atoms with Crippen LogP contribution in [0, 0.1) is 5.41 Å². The van der Waals surface area contributed by atoms with E-state index in [2.05, 4.69) is 6.92 Å². The lowest BCUT2D eigenvalue weighted by Gasteiger charge is -2.20. The molecule has 0 aromatic heterocycles. The number of hydrogen-bond acceptors (Lipinski definition) is 4. The zero-order chi connectivity index (χ0) is 20.7. The van der Waals surface area contributed by atoms with Crippen LogP contribution in [0.25, 0.3) is 0 Å². The van der Waals surface area contributed by atoms with Gasteiger partial charge in [-0.15, -0.1) is 0 Å². The fourth-order valence-electron chi connectivity index (χ4n) is 2.93. The van der Waals surface area contributed by atoms with Crippen molar-refractivity contribution in [3.63, 3.8) is 0 Å². The summed E-state index contributed by atoms with van der Waals surface area (Å²) in [6.07, 6.45) is 11.1. The zero-order valence-electron chi connectivity index (χ0n) is 18.0. The van der Waals surface area contributed by atoms with Crippen molar-refractivity contribution in [2.24, 2.45) is 5.41 Å². The number of carbonyl (C=O) groups is 2. The zero-order valence-corrected chi connectivity index (χ0v) is 18.0. The van der Waals surface area contributed by atoms with E-state index < -0.39 is 17.4 Å². The Labute approximate surface area is 171 Å². The minimum atomic E-state index is -1.26. The van der Waals surface area contributed by atoms with Crippen LogP contribution in [-0.4, -0.2) is 25.2 Å². The maximum absolute atomic E-state index is 12.3. The number of ether oxygens (including phenoxy) is 2. The molecule has 0 atom stereocenters. The number of hydrogen-bond donors (Lipinski definition) is 0. The van der Waals surface area contributed by atoms with Crippen molar-refractivity contribution in [2.45, 2.75) is 85.0 Å². The van der Waals surface area contributed by atoms with E-state index in [1.807, 2.05) is 30.3 Å². The van der Waals surface area contributed by atoms with E-state index in [0.717, 1.165) is 25.7 Å². The number of aryl methyl sites for hydroxylation is 1. The van der Waals surface area contributed by atoms with Crippen LogP contribution in [0.15, 0.2) is 30.3 Å². The first-order chi connectivity index (χ1) is 13.5. The molecular weight excluding hydrogens is 352 g/mol. The molecule has 0 heterocycles. The average Bonchev–Trinajstić information content (AvgIpc) is 2.70. The number of rotatable bonds is 15. The van der Waals surface area contributed by atoms with E-state index in [9.17, 15) is 9.59 Å². The normalized spacial score (nSPS) is 11.2. The summed E-state index contributed by atoms with van der Waals surface area (Å²) in [5.41, 5.74) is -0.0463. The van der Waals surface area contributed by atoms with Gasteiger partial charge in [-0.05, 0) is 38.7 Å². The van der Waals surface area contributed by atoms with Gasteiger partial charge >= 0.3 is 11.9 Å². The molecule has 1 aromatic rings. The van der Waals surface area contributed by atoms with Crippen LogP contribution >= 0.6 is 0 Å². The first-order valence-corrected chi connectivity index (χ1v) is 10.9. The fourth-order valence-corrected chi connectivity index (χ4v) is 2.93. The summed E-state index contributed by atoms with van der Waals surface area (Å²) in [6, 6.07) is 10.1. The van der Waals surface area contributed by atoms with Crippen LogP contribution in [0.4, 0.5) is 0 Å². The van der Waals surface area contributed by atoms with Crippen molar-refractivity contribution in [1.82, 2.24) is 0 Å². The van der Waals surface area contributed by atoms with Crippen LogP contribution in [0.1, 0.15) is 84.1 Å². The van der Waals surface area contributed by atoms with Crippen molar-refractivity contribution in [2.75, 3.05) is 13.2 Å². The van der Waals surface area contributed by atoms with E-state index >= 15 is 0 Å². The van der Waals surface area contributed by atoms with E-state index in [1.165, 1.54) is 44.1 Å². The van der Waals surface area contributed by atoms with Crippen molar-refractivity contribution in [1.29, 1.82) is 0 Å². The summed E-state index contributed by atoms with van der Waals surface area (Å²) in [5.74, 6) is -1.01. The molecule has 0 bridgehead atoms. The van der Waals surface area contributed by atoms with Crippen molar-refractivity contribution < 1.29 is 19.1 Å². The summed E-state index contributed by atoms with van der Waals surface area (Å²) >= 11 is 0. The summed E-state index contributed by atoms with van der Waals surface area (Å²) in [6.45, 7) is 6.04. The van der Waals surface area contributed by atoms with Gasteiger partial charge in [0.05, 0.1) is 13.2 Å². The highest BCUT2D eigenvalue weighted by molar-refractivity contribution is 5.99. The second kappa shape index (κ2) is 14.2. The quantitative estimate of drug-likeness (QED) is 0.213. The number of unbranched alkanes of at least 4 members (excludes halogenated alkanes) is 7. The SMILES string of the molecule is CCCCCCCCCCOC(=O)C(C)(C)C(=O)OCCCc1ccccc1. The van der Waals surface area contributed by atoms with E-state index in [0.29, 0.717) is 13.2 Å². The van der Waals surface area contributed by atoms with E-state index in [-0.39, 0.29) is 0 Å². The lowest BCUT2D eigenvalue weighted by molar-refractivity contribution is -0.169. The van der Waals surface area contributed by atoms with Gasteiger partial charge in [0.15, 0.2) is 5.41 Å². The van der Waals surface area contributed by atoms with Crippen LogP contribution < -0.4 is 0 Å². The van der Waals surface area contributed by atoms with Gasteiger partial charge < -0.3 is 9.47 Å². The Bertz CT molecular complexity index is 551. The Balaban J connectivity index is 2.14. The minimum Gasteiger partial charge on any atom is -0.465 e. The molecule has 1 rings (SSSR count). The standard InChI is InChI=1S/C24H38O4/c1-4-5-6-7-8-9-10-14-19-27-22(25)24(2,3)23(26)28-20-15-18-21-16-12-11-13-17-21/h11-13,16-17H,4-10,14-15,18-20H2,1-3H3. The van der Waals surface area contributed by atoms with Crippen LogP contribution in [-0.2, 0) is 25.5 Å². The van der Waals surface area contributed by atoms with Gasteiger partial charge in [-0.25, -0.2) is 0 Å². The Hall–Kier alpha value is -1.84. The molecule has 0 N–H and O–H groups in total. The van der Waals surface area contributed by atoms with E-state index in [1.54, 1.807) is 13.8 Å². The first kappa shape index (κ1) is 24.2. The molecule has 0 amide bonds. The van der Waals surface area contributed by atoms with Gasteiger partial charge in [0, 0.05) is 0 Å². The minimum absolute atomic E-state index is 0.308. The van der Waals surface area contributed by atoms with Crippen LogP contribution in [0.3, 0.4) is 0 Å². The molecule has 158 valence electrons. The smallest absolute Gasteiger partial charge is 0.322 e. The monoisotopic (exact) mass is 390 g/mol. The van der Waals surface area contributed by atoms with Gasteiger partial charge in [-0.2, -0.15) is 0 Å². The molecule has 28 heavy (non-hydrogen) atoms. The second-order valence-corrected chi connectivity index (χ2v) is 7.96. The third-order valence-corrected chi connectivity index (χ3v) is 4.94. The maximum atomic E-state index is 12.3. The Kier molecular flexibility index (Phi) is 12.3. The van der Waals surface area contributed by atoms with Crippen molar-refractivity contribution in [3.8, 4) is 0 Å². The fraction of sp³-hybridized carbons (Fsp3) is 0.667. The maximum Gasteiger partial charge on any atom is 0.322 e. The first-order valence-electron chi connectivity index (χ1n) is 10.9. The van der Waals surface area contributed by atoms with Gasteiger partial charge in [0.25, 0.3) is 0 Å². The van der Waals surface area contributed by atoms with Gasteiger partial charge in [-0.3, -0.25) is 9.59 Å². The average molecular weight is 391 g/mol. The predicted octanol–water partition coefficient (Wildman–Crippen LogP) is 5.87. The molecule has 0 aliphatic rings. The van der Waals surface area contributed by atoms with E-state index in [4.69, 9.17) is 9.47 Å². The molecule has 0 spiro atoms. The molecule has 0 aliphatic heterocycles. The molecule has 0 saturated carbocycles. The Morgan fingerprint density at radius 3 is 1.82 bits per heavy atom. The molecule has 0 radical (unpaired) electrons. The number of esters is 2. The lowest BCUT2D eigenvalue weighted by Crippen LogP contribution is -2.37. The molecule has 0 unspecified atom stereocenters.